The Hall–Kier alpha value is -3.35. The quantitative estimate of drug-likeness (QED) is 0.704. The van der Waals surface area contributed by atoms with E-state index in [4.69, 9.17) is 4.42 Å². The molecule has 1 aliphatic rings. The Balaban J connectivity index is 1.41. The molecular formula is C20H20N4O3. The lowest BCUT2D eigenvalue weighted by atomic mass is 10.1. The topological polar surface area (TPSA) is 89.2 Å². The number of carbonyl (C=O) groups excluding carboxylic acids is 2. The van der Waals surface area contributed by atoms with Crippen LogP contribution in [0.5, 0.6) is 0 Å². The number of aromatic nitrogens is 2. The molecule has 0 saturated heterocycles. The molecular weight excluding hydrogens is 344 g/mol. The number of aryl methyl sites for hydroxylation is 1. The number of hydrogen-bond acceptors (Lipinski definition) is 4. The predicted molar refractivity (Wildman–Crippen MR) is 99.0 cm³/mol. The highest BCUT2D eigenvalue weighted by Gasteiger charge is 2.44. The molecule has 1 aliphatic carbocycles. The number of anilines is 1. The Morgan fingerprint density at radius 2 is 2.04 bits per heavy atom. The standard InChI is InChI=1S/C20H20N4O3/c1-24-12-17(18(23-24)20(26)21-11-14-8-5-9-27-14)22-19(25)16-10-15(16)13-6-3-2-4-7-13/h2-9,12,15-16H,10-11H2,1H3,(H,21,26)(H,22,25). The van der Waals surface area contributed by atoms with E-state index in [0.29, 0.717) is 11.4 Å². The Morgan fingerprint density at radius 3 is 2.78 bits per heavy atom. The maximum absolute atomic E-state index is 12.6. The summed E-state index contributed by atoms with van der Waals surface area (Å²) in [7, 11) is 1.71. The first-order chi connectivity index (χ1) is 13.1. The molecule has 7 nitrogen and oxygen atoms in total. The first kappa shape index (κ1) is 17.1. The van der Waals surface area contributed by atoms with Crippen LogP contribution in [0, 0.1) is 5.92 Å². The number of furan rings is 1. The maximum atomic E-state index is 12.6. The predicted octanol–water partition coefficient (Wildman–Crippen LogP) is 2.69. The van der Waals surface area contributed by atoms with Gasteiger partial charge in [0.1, 0.15) is 5.76 Å². The van der Waals surface area contributed by atoms with Crippen LogP contribution >= 0.6 is 0 Å². The summed E-state index contributed by atoms with van der Waals surface area (Å²) < 4.78 is 6.72. The van der Waals surface area contributed by atoms with Gasteiger partial charge >= 0.3 is 0 Å². The van der Waals surface area contributed by atoms with E-state index in [2.05, 4.69) is 15.7 Å². The molecule has 3 aromatic rings. The SMILES string of the molecule is Cn1cc(NC(=O)C2CC2c2ccccc2)c(C(=O)NCc2ccco2)n1. The van der Waals surface area contributed by atoms with Crippen LogP contribution in [-0.4, -0.2) is 21.6 Å². The number of amides is 2. The molecule has 0 aliphatic heterocycles. The van der Waals surface area contributed by atoms with E-state index >= 15 is 0 Å². The van der Waals surface area contributed by atoms with Crippen LogP contribution in [0.25, 0.3) is 0 Å². The van der Waals surface area contributed by atoms with Gasteiger partial charge in [-0.1, -0.05) is 30.3 Å². The van der Waals surface area contributed by atoms with Crippen molar-refractivity contribution in [2.45, 2.75) is 18.9 Å². The van der Waals surface area contributed by atoms with Crippen molar-refractivity contribution in [2.24, 2.45) is 13.0 Å². The highest BCUT2D eigenvalue weighted by Crippen LogP contribution is 2.47. The summed E-state index contributed by atoms with van der Waals surface area (Å²) in [6.07, 6.45) is 4.00. The lowest BCUT2D eigenvalue weighted by molar-refractivity contribution is -0.117. The van der Waals surface area contributed by atoms with Crippen LogP contribution < -0.4 is 10.6 Å². The van der Waals surface area contributed by atoms with Crippen molar-refractivity contribution in [3.05, 3.63) is 71.9 Å². The molecule has 0 bridgehead atoms. The molecule has 2 atom stereocenters. The van der Waals surface area contributed by atoms with Gasteiger partial charge < -0.3 is 15.1 Å². The molecule has 2 heterocycles. The van der Waals surface area contributed by atoms with E-state index < -0.39 is 0 Å². The Morgan fingerprint density at radius 1 is 1.22 bits per heavy atom. The number of nitrogens with zero attached hydrogens (tertiary/aromatic N) is 2. The van der Waals surface area contributed by atoms with E-state index in [1.807, 2.05) is 30.3 Å². The van der Waals surface area contributed by atoms with Crippen molar-refractivity contribution in [3.63, 3.8) is 0 Å². The van der Waals surface area contributed by atoms with Gasteiger partial charge in [-0.05, 0) is 30.0 Å². The lowest BCUT2D eigenvalue weighted by Crippen LogP contribution is -2.25. The van der Waals surface area contributed by atoms with E-state index in [9.17, 15) is 9.59 Å². The average Bonchev–Trinajstić information content (AvgIpc) is 3.15. The zero-order valence-electron chi connectivity index (χ0n) is 14.9. The van der Waals surface area contributed by atoms with Gasteiger partial charge in [-0.3, -0.25) is 14.3 Å². The molecule has 0 radical (unpaired) electrons. The van der Waals surface area contributed by atoms with Crippen molar-refractivity contribution in [3.8, 4) is 0 Å². The fourth-order valence-corrected chi connectivity index (χ4v) is 3.19. The number of hydrogen-bond donors (Lipinski definition) is 2. The second-order valence-electron chi connectivity index (χ2n) is 6.68. The van der Waals surface area contributed by atoms with Gasteiger partial charge in [-0.25, -0.2) is 0 Å². The third-order valence-corrected chi connectivity index (χ3v) is 4.66. The van der Waals surface area contributed by atoms with Crippen LogP contribution in [0.2, 0.25) is 0 Å². The third-order valence-electron chi connectivity index (χ3n) is 4.66. The Kier molecular flexibility index (Phi) is 4.50. The van der Waals surface area contributed by atoms with E-state index in [0.717, 1.165) is 6.42 Å². The van der Waals surface area contributed by atoms with Crippen molar-refractivity contribution in [1.82, 2.24) is 15.1 Å². The van der Waals surface area contributed by atoms with Gasteiger partial charge in [-0.2, -0.15) is 5.10 Å². The third kappa shape index (κ3) is 3.76. The Labute approximate surface area is 156 Å². The second-order valence-corrected chi connectivity index (χ2v) is 6.68. The molecule has 2 aromatic heterocycles. The molecule has 27 heavy (non-hydrogen) atoms. The molecule has 138 valence electrons. The molecule has 1 aromatic carbocycles. The van der Waals surface area contributed by atoms with Crippen LogP contribution in [0.1, 0.15) is 34.2 Å². The lowest BCUT2D eigenvalue weighted by Gasteiger charge is -2.06. The summed E-state index contributed by atoms with van der Waals surface area (Å²) in [6.45, 7) is 0.258. The van der Waals surface area contributed by atoms with Crippen molar-refractivity contribution in [2.75, 3.05) is 5.32 Å². The zero-order chi connectivity index (χ0) is 18.8. The summed E-state index contributed by atoms with van der Waals surface area (Å²) in [5.41, 5.74) is 1.77. The summed E-state index contributed by atoms with van der Waals surface area (Å²) in [5.74, 6) is 0.355. The van der Waals surface area contributed by atoms with Crippen LogP contribution in [-0.2, 0) is 18.4 Å². The van der Waals surface area contributed by atoms with Gasteiger partial charge in [-0.15, -0.1) is 0 Å². The minimum Gasteiger partial charge on any atom is -0.467 e. The molecule has 0 spiro atoms. The molecule has 2 N–H and O–H groups in total. The monoisotopic (exact) mass is 364 g/mol. The highest BCUT2D eigenvalue weighted by atomic mass is 16.3. The summed E-state index contributed by atoms with van der Waals surface area (Å²) in [6, 6.07) is 13.5. The number of nitrogens with one attached hydrogen (secondary N) is 2. The van der Waals surface area contributed by atoms with E-state index in [-0.39, 0.29) is 35.9 Å². The van der Waals surface area contributed by atoms with Crippen LogP contribution in [0.4, 0.5) is 5.69 Å². The number of rotatable bonds is 6. The maximum Gasteiger partial charge on any atom is 0.274 e. The first-order valence-electron chi connectivity index (χ1n) is 8.82. The largest absolute Gasteiger partial charge is 0.467 e. The second kappa shape index (κ2) is 7.11. The Bertz CT molecular complexity index is 947. The summed E-state index contributed by atoms with van der Waals surface area (Å²) in [4.78, 5) is 25.0. The first-order valence-corrected chi connectivity index (χ1v) is 8.82. The van der Waals surface area contributed by atoms with Crippen molar-refractivity contribution >= 4 is 17.5 Å². The van der Waals surface area contributed by atoms with Gasteiger partial charge in [0.15, 0.2) is 5.69 Å². The van der Waals surface area contributed by atoms with Crippen molar-refractivity contribution < 1.29 is 14.0 Å². The molecule has 4 rings (SSSR count). The molecule has 7 heteroatoms. The molecule has 1 saturated carbocycles. The normalized spacial score (nSPS) is 18.1. The van der Waals surface area contributed by atoms with Gasteiger partial charge in [0.2, 0.25) is 5.91 Å². The molecule has 2 amide bonds. The van der Waals surface area contributed by atoms with E-state index in [1.54, 1.807) is 31.6 Å². The van der Waals surface area contributed by atoms with Crippen molar-refractivity contribution in [1.29, 1.82) is 0 Å². The van der Waals surface area contributed by atoms with Gasteiger partial charge in [0.25, 0.3) is 5.91 Å². The fourth-order valence-electron chi connectivity index (χ4n) is 3.19. The zero-order valence-corrected chi connectivity index (χ0v) is 14.9. The number of benzene rings is 1. The van der Waals surface area contributed by atoms with Gasteiger partial charge in [0, 0.05) is 19.2 Å². The summed E-state index contributed by atoms with van der Waals surface area (Å²) in [5, 5.41) is 9.79. The average molecular weight is 364 g/mol. The highest BCUT2D eigenvalue weighted by molar-refractivity contribution is 6.03. The van der Waals surface area contributed by atoms with Crippen LogP contribution in [0.15, 0.2) is 59.3 Å². The minimum absolute atomic E-state index is 0.0772. The van der Waals surface area contributed by atoms with Gasteiger partial charge in [0.05, 0.1) is 18.5 Å². The fraction of sp³-hybridized carbons (Fsp3) is 0.250. The van der Waals surface area contributed by atoms with Crippen LogP contribution in [0.3, 0.4) is 0 Å². The van der Waals surface area contributed by atoms with E-state index in [1.165, 1.54) is 10.2 Å². The minimum atomic E-state index is -0.363. The summed E-state index contributed by atoms with van der Waals surface area (Å²) >= 11 is 0. The smallest absolute Gasteiger partial charge is 0.274 e. The molecule has 2 unspecified atom stereocenters. The molecule has 1 fully saturated rings. The number of carbonyl (C=O) groups is 2.